The van der Waals surface area contributed by atoms with Gasteiger partial charge in [0, 0.05) is 29.6 Å². The number of rotatable bonds is 16. The second-order valence-electron chi connectivity index (χ2n) is 10.4. The molecule has 0 aromatic heterocycles. The minimum atomic E-state index is -1.50. The summed E-state index contributed by atoms with van der Waals surface area (Å²) in [5, 5.41) is 39.6. The van der Waals surface area contributed by atoms with Crippen molar-refractivity contribution in [1.82, 2.24) is 9.80 Å². The molecule has 1 aliphatic carbocycles. The van der Waals surface area contributed by atoms with Crippen LogP contribution in [0.2, 0.25) is 10.0 Å². The summed E-state index contributed by atoms with van der Waals surface area (Å²) in [4.78, 5) is 73.3. The standard InChI is InChI=1S/C30H26Cl2N4O13/c31-18-3-14-23(13-1-2-20(33)25(34)24(13)30(45)46)15-4-19(32)27(44)17(6-36(9-47-11-37)10-48-12-38)29(15)49-28(14)16(26(18)43)5-35(7-21(39)40)8-22(41)42/h1-4,11-12,44H,5-10,33-34H2,(H,39,40)(H,41,42)(H,45,46). The number of carboxylic acid groups (broad SMARTS) is 3. The van der Waals surface area contributed by atoms with Crippen molar-refractivity contribution in [2.24, 2.45) is 0 Å². The molecule has 4 rings (SSSR count). The number of nitrogen functional groups attached to an aromatic ring is 2. The molecule has 49 heavy (non-hydrogen) atoms. The van der Waals surface area contributed by atoms with Crippen LogP contribution >= 0.6 is 23.2 Å². The Balaban J connectivity index is 2.21. The molecule has 0 saturated heterocycles. The van der Waals surface area contributed by atoms with Crippen molar-refractivity contribution >= 4 is 76.4 Å². The zero-order valence-electron chi connectivity index (χ0n) is 25.0. The maximum atomic E-state index is 13.5. The summed E-state index contributed by atoms with van der Waals surface area (Å²) >= 11 is 12.9. The number of aromatic hydroxyl groups is 1. The lowest BCUT2D eigenvalue weighted by atomic mass is 9.87. The van der Waals surface area contributed by atoms with E-state index in [0.717, 1.165) is 4.90 Å². The van der Waals surface area contributed by atoms with E-state index in [-0.39, 0.29) is 73.9 Å². The van der Waals surface area contributed by atoms with E-state index in [1.165, 1.54) is 29.2 Å². The van der Waals surface area contributed by atoms with Crippen LogP contribution in [0.4, 0.5) is 11.4 Å². The van der Waals surface area contributed by atoms with Crippen LogP contribution in [0.5, 0.6) is 5.75 Å². The van der Waals surface area contributed by atoms with Gasteiger partial charge in [-0.1, -0.05) is 29.3 Å². The van der Waals surface area contributed by atoms with Gasteiger partial charge in [0.1, 0.15) is 30.6 Å². The second kappa shape index (κ2) is 15.1. The molecule has 0 atom stereocenters. The highest BCUT2D eigenvalue weighted by atomic mass is 35.5. The first-order valence-electron chi connectivity index (χ1n) is 13.7. The minimum absolute atomic E-state index is 0.00880. The van der Waals surface area contributed by atoms with Crippen LogP contribution in [0.3, 0.4) is 0 Å². The van der Waals surface area contributed by atoms with Gasteiger partial charge in [-0.15, -0.1) is 0 Å². The average Bonchev–Trinajstić information content (AvgIpc) is 3.02. The second-order valence-corrected chi connectivity index (χ2v) is 11.2. The molecule has 0 bridgehead atoms. The van der Waals surface area contributed by atoms with Gasteiger partial charge >= 0.3 is 17.9 Å². The maximum Gasteiger partial charge on any atom is 0.338 e. The fraction of sp³-hybridized carbons (Fsp3) is 0.200. The van der Waals surface area contributed by atoms with Gasteiger partial charge in [-0.25, -0.2) is 9.69 Å². The number of aromatic carboxylic acids is 1. The molecule has 0 radical (unpaired) electrons. The number of hydrogen-bond acceptors (Lipinski definition) is 14. The predicted octanol–water partition coefficient (Wildman–Crippen LogP) is 2.47. The molecule has 2 aromatic carbocycles. The molecular weight excluding hydrogens is 695 g/mol. The van der Waals surface area contributed by atoms with Crippen LogP contribution in [0.15, 0.2) is 33.5 Å². The number of halogens is 2. The Kier molecular flexibility index (Phi) is 11.1. The Morgan fingerprint density at radius 1 is 0.857 bits per heavy atom. The summed E-state index contributed by atoms with van der Waals surface area (Å²) in [5.41, 5.74) is 9.56. The van der Waals surface area contributed by atoms with E-state index < -0.39 is 79.3 Å². The van der Waals surface area contributed by atoms with Crippen molar-refractivity contribution in [3.8, 4) is 28.2 Å². The summed E-state index contributed by atoms with van der Waals surface area (Å²) in [7, 11) is 0. The number of carbonyl (C=O) groups excluding carboxylic acids is 2. The third-order valence-electron chi connectivity index (χ3n) is 7.22. The number of carboxylic acids is 3. The molecule has 2 aromatic rings. The molecule has 8 N–H and O–H groups in total. The van der Waals surface area contributed by atoms with Crippen LogP contribution in [0.25, 0.3) is 33.4 Å². The Labute approximate surface area is 284 Å². The first kappa shape index (κ1) is 36.2. The van der Waals surface area contributed by atoms with E-state index in [1.807, 2.05) is 0 Å². The van der Waals surface area contributed by atoms with Crippen molar-refractivity contribution in [2.45, 2.75) is 13.1 Å². The van der Waals surface area contributed by atoms with E-state index in [1.54, 1.807) is 0 Å². The number of nitrogens with two attached hydrogens (primary N) is 2. The van der Waals surface area contributed by atoms with Crippen LogP contribution in [0, 0.1) is 0 Å². The normalized spacial score (nSPS) is 11.3. The zero-order chi connectivity index (χ0) is 36.2. The number of aliphatic carboxylic acids is 2. The monoisotopic (exact) mass is 720 g/mol. The Morgan fingerprint density at radius 3 is 2.00 bits per heavy atom. The van der Waals surface area contributed by atoms with Crippen LogP contribution in [-0.2, 0) is 41.7 Å². The molecular formula is C30H26Cl2N4O13. The maximum absolute atomic E-state index is 13.5. The van der Waals surface area contributed by atoms with Gasteiger partial charge in [0.15, 0.2) is 0 Å². The van der Waals surface area contributed by atoms with Crippen molar-refractivity contribution in [3.63, 3.8) is 0 Å². The first-order valence-corrected chi connectivity index (χ1v) is 14.5. The SMILES string of the molecule is Nc1ccc(-c2c3cc(Cl)c(=O)c(CN(CC(=O)O)CC(=O)O)c-3oc3c(CN(COC=O)COC=O)c(O)c(Cl)cc23)c(C(=O)O)c1N. The van der Waals surface area contributed by atoms with Gasteiger partial charge in [-0.2, -0.15) is 0 Å². The number of phenolic OH excluding ortho intramolecular Hbond substituents is 1. The molecule has 0 spiro atoms. The number of hydrogen-bond donors (Lipinski definition) is 6. The van der Waals surface area contributed by atoms with Gasteiger partial charge in [0.05, 0.1) is 51.2 Å². The van der Waals surface area contributed by atoms with Gasteiger partial charge < -0.3 is 45.8 Å². The Bertz CT molecular complexity index is 1990. The number of fused-ring (bicyclic) bond motifs is 2. The fourth-order valence-corrected chi connectivity index (χ4v) is 5.69. The van der Waals surface area contributed by atoms with Crippen molar-refractivity contribution in [1.29, 1.82) is 0 Å². The fourth-order valence-electron chi connectivity index (χ4n) is 5.25. The van der Waals surface area contributed by atoms with Gasteiger partial charge in [-0.3, -0.25) is 28.9 Å². The largest absolute Gasteiger partial charge is 0.506 e. The number of benzene rings is 3. The first-order chi connectivity index (χ1) is 23.2. The van der Waals surface area contributed by atoms with E-state index in [9.17, 15) is 49.2 Å². The van der Waals surface area contributed by atoms with Crippen LogP contribution in [0.1, 0.15) is 21.5 Å². The number of nitrogens with zero attached hydrogens (tertiary/aromatic N) is 2. The lowest BCUT2D eigenvalue weighted by molar-refractivity contribution is -0.143. The summed E-state index contributed by atoms with van der Waals surface area (Å²) < 4.78 is 15.8. The van der Waals surface area contributed by atoms with Crippen LogP contribution in [-0.4, -0.2) is 87.6 Å². The molecule has 2 aliphatic rings. The Hall–Kier alpha value is -5.62. The predicted molar refractivity (Wildman–Crippen MR) is 172 cm³/mol. The highest BCUT2D eigenvalue weighted by Gasteiger charge is 2.31. The lowest BCUT2D eigenvalue weighted by Gasteiger charge is -2.25. The number of phenols is 1. The molecule has 1 heterocycles. The third-order valence-corrected chi connectivity index (χ3v) is 7.79. The highest BCUT2D eigenvalue weighted by Crippen LogP contribution is 2.48. The van der Waals surface area contributed by atoms with Crippen molar-refractivity contribution in [3.05, 3.63) is 61.2 Å². The molecule has 0 saturated carbocycles. The van der Waals surface area contributed by atoms with Gasteiger partial charge in [-0.05, 0) is 23.8 Å². The minimum Gasteiger partial charge on any atom is -0.506 e. The lowest BCUT2D eigenvalue weighted by Crippen LogP contribution is -2.35. The number of ether oxygens (including phenoxy) is 2. The quantitative estimate of drug-likeness (QED) is 0.0419. The molecule has 258 valence electrons. The summed E-state index contributed by atoms with van der Waals surface area (Å²) in [6.45, 7) is -3.35. The van der Waals surface area contributed by atoms with Gasteiger partial charge in [0.2, 0.25) is 5.43 Å². The van der Waals surface area contributed by atoms with E-state index in [0.29, 0.717) is 0 Å². The molecule has 0 unspecified atom stereocenters. The Morgan fingerprint density at radius 2 is 1.45 bits per heavy atom. The van der Waals surface area contributed by atoms with E-state index in [2.05, 4.69) is 0 Å². The van der Waals surface area contributed by atoms with E-state index >= 15 is 0 Å². The molecule has 17 nitrogen and oxygen atoms in total. The average molecular weight is 721 g/mol. The molecule has 19 heteroatoms. The van der Waals surface area contributed by atoms with E-state index in [4.69, 9.17) is 48.6 Å². The number of carbonyl (C=O) groups is 5. The molecule has 1 aliphatic heterocycles. The van der Waals surface area contributed by atoms with Crippen molar-refractivity contribution < 1.29 is 58.3 Å². The number of anilines is 2. The third kappa shape index (κ3) is 7.60. The highest BCUT2D eigenvalue weighted by molar-refractivity contribution is 6.33. The van der Waals surface area contributed by atoms with Crippen LogP contribution < -0.4 is 16.9 Å². The molecule has 0 fully saturated rings. The topological polar surface area (TPSA) is 273 Å². The zero-order valence-corrected chi connectivity index (χ0v) is 26.5. The summed E-state index contributed by atoms with van der Waals surface area (Å²) in [6.07, 6.45) is 0. The van der Waals surface area contributed by atoms with Crippen molar-refractivity contribution in [2.75, 3.05) is 38.0 Å². The van der Waals surface area contributed by atoms with Gasteiger partial charge in [0.25, 0.3) is 12.9 Å². The summed E-state index contributed by atoms with van der Waals surface area (Å²) in [5.74, 6) is -5.20. The smallest absolute Gasteiger partial charge is 0.338 e. The summed E-state index contributed by atoms with van der Waals surface area (Å²) in [6, 6.07) is 5.05. The molecule has 0 amide bonds.